The van der Waals surface area contributed by atoms with Crippen molar-refractivity contribution in [3.63, 3.8) is 0 Å². The Kier molecular flexibility index (Phi) is 5.95. The summed E-state index contributed by atoms with van der Waals surface area (Å²) in [6, 6.07) is 4.58. The number of rotatable bonds is 7. The number of methoxy groups -OCH3 is 1. The maximum atomic E-state index is 10.6. The van der Waals surface area contributed by atoms with E-state index < -0.39 is 10.5 Å². The van der Waals surface area contributed by atoms with Crippen molar-refractivity contribution in [2.24, 2.45) is 0 Å². The van der Waals surface area contributed by atoms with Crippen molar-refractivity contribution in [2.75, 3.05) is 25.6 Å². The molecule has 0 aliphatic rings. The van der Waals surface area contributed by atoms with Crippen LogP contribution in [0, 0.1) is 13.7 Å². The van der Waals surface area contributed by atoms with Gasteiger partial charge in [-0.2, -0.15) is 0 Å². The molecule has 0 aliphatic heterocycles. The van der Waals surface area contributed by atoms with Crippen LogP contribution in [0.4, 0.5) is 11.4 Å². The van der Waals surface area contributed by atoms with Crippen LogP contribution in [0.1, 0.15) is 13.3 Å². The van der Waals surface area contributed by atoms with E-state index in [2.05, 4.69) is 5.32 Å². The third-order valence-electron chi connectivity index (χ3n) is 2.67. The fourth-order valence-electron chi connectivity index (χ4n) is 1.46. The van der Waals surface area contributed by atoms with E-state index >= 15 is 0 Å². The molecule has 1 rings (SSSR count). The minimum Gasteiger partial charge on any atom is -0.388 e. The van der Waals surface area contributed by atoms with Gasteiger partial charge in [-0.15, -0.1) is 0 Å². The van der Waals surface area contributed by atoms with E-state index in [9.17, 15) is 15.2 Å². The van der Waals surface area contributed by atoms with Crippen LogP contribution in [0.25, 0.3) is 0 Å². The third kappa shape index (κ3) is 5.29. The molecule has 0 aliphatic carbocycles. The highest BCUT2D eigenvalue weighted by molar-refractivity contribution is 14.1. The van der Waals surface area contributed by atoms with E-state index in [1.807, 2.05) is 22.6 Å². The smallest absolute Gasteiger partial charge is 0.270 e. The van der Waals surface area contributed by atoms with Crippen molar-refractivity contribution >= 4 is 34.0 Å². The van der Waals surface area contributed by atoms with Crippen molar-refractivity contribution in [1.82, 2.24) is 0 Å². The summed E-state index contributed by atoms with van der Waals surface area (Å²) in [6.07, 6.45) is 0.514. The zero-order valence-corrected chi connectivity index (χ0v) is 13.0. The molecule has 19 heavy (non-hydrogen) atoms. The van der Waals surface area contributed by atoms with Gasteiger partial charge < -0.3 is 15.2 Å². The molecule has 1 aromatic rings. The average molecular weight is 380 g/mol. The van der Waals surface area contributed by atoms with Gasteiger partial charge in [0.2, 0.25) is 0 Å². The van der Waals surface area contributed by atoms with Crippen molar-refractivity contribution in [2.45, 2.75) is 18.9 Å². The normalized spacial score (nSPS) is 13.9. The molecule has 2 N–H and O–H groups in total. The van der Waals surface area contributed by atoms with Gasteiger partial charge >= 0.3 is 0 Å². The number of non-ortho nitro benzene ring substituents is 1. The lowest BCUT2D eigenvalue weighted by molar-refractivity contribution is -0.384. The highest BCUT2D eigenvalue weighted by atomic mass is 127. The lowest BCUT2D eigenvalue weighted by Gasteiger charge is -2.24. The summed E-state index contributed by atoms with van der Waals surface area (Å²) >= 11 is 2.03. The highest BCUT2D eigenvalue weighted by Gasteiger charge is 2.20. The van der Waals surface area contributed by atoms with E-state index in [0.29, 0.717) is 19.6 Å². The third-order valence-corrected chi connectivity index (χ3v) is 3.56. The number of hydrogen-bond acceptors (Lipinski definition) is 5. The summed E-state index contributed by atoms with van der Waals surface area (Å²) in [5.74, 6) is 0. The predicted octanol–water partition coefficient (Wildman–Crippen LogP) is 2.40. The lowest BCUT2D eigenvalue weighted by atomic mass is 10.0. The molecule has 0 fully saturated rings. The molecule has 0 saturated heterocycles. The summed E-state index contributed by atoms with van der Waals surface area (Å²) in [6.45, 7) is 2.55. The Bertz CT molecular complexity index is 451. The minimum atomic E-state index is -0.888. The van der Waals surface area contributed by atoms with Crippen molar-refractivity contribution < 1.29 is 14.8 Å². The van der Waals surface area contributed by atoms with Crippen molar-refractivity contribution in [3.05, 3.63) is 31.9 Å². The molecule has 0 bridgehead atoms. The molecule has 0 saturated carbocycles. The molecule has 0 radical (unpaired) electrons. The number of ether oxygens (including phenoxy) is 1. The molecule has 6 nitrogen and oxygen atoms in total. The van der Waals surface area contributed by atoms with E-state index in [0.717, 1.165) is 9.26 Å². The Morgan fingerprint density at radius 3 is 2.79 bits per heavy atom. The second kappa shape index (κ2) is 7.01. The molecule has 0 heterocycles. The first-order valence-electron chi connectivity index (χ1n) is 5.75. The molecular weight excluding hydrogens is 363 g/mol. The van der Waals surface area contributed by atoms with Crippen LogP contribution in [0.15, 0.2) is 18.2 Å². The second-order valence-electron chi connectivity index (χ2n) is 4.51. The second-order valence-corrected chi connectivity index (χ2v) is 5.68. The van der Waals surface area contributed by atoms with Gasteiger partial charge in [-0.25, -0.2) is 0 Å². The largest absolute Gasteiger partial charge is 0.388 e. The maximum absolute atomic E-state index is 10.6. The number of hydrogen-bond donors (Lipinski definition) is 2. The first-order valence-corrected chi connectivity index (χ1v) is 6.83. The first-order chi connectivity index (χ1) is 8.85. The van der Waals surface area contributed by atoms with Gasteiger partial charge in [0.25, 0.3) is 5.69 Å². The summed E-state index contributed by atoms with van der Waals surface area (Å²) in [4.78, 5) is 10.2. The molecule has 0 amide bonds. The van der Waals surface area contributed by atoms with Crippen LogP contribution in [-0.2, 0) is 4.74 Å². The number of aliphatic hydroxyl groups is 1. The summed E-state index contributed by atoms with van der Waals surface area (Å²) in [5.41, 5.74) is -0.0640. The zero-order chi connectivity index (χ0) is 14.5. The predicted molar refractivity (Wildman–Crippen MR) is 81.4 cm³/mol. The molecule has 1 unspecified atom stereocenters. The molecule has 0 spiro atoms. The number of anilines is 1. The quantitative estimate of drug-likeness (QED) is 0.431. The Labute approximate surface area is 125 Å². The number of benzene rings is 1. The van der Waals surface area contributed by atoms with Gasteiger partial charge in [-0.05, 0) is 35.6 Å². The molecule has 1 aromatic carbocycles. The fraction of sp³-hybridized carbons (Fsp3) is 0.500. The highest BCUT2D eigenvalue weighted by Crippen LogP contribution is 2.24. The number of nitro groups is 1. The molecule has 7 heteroatoms. The maximum Gasteiger partial charge on any atom is 0.270 e. The standard InChI is InChI=1S/C12H17IN2O4/c1-12(16,5-6-19-2)8-14-11-4-3-9(15(17)18)7-10(11)13/h3-4,7,14,16H,5-6,8H2,1-2H3. The topological polar surface area (TPSA) is 84.6 Å². The van der Waals surface area contributed by atoms with Gasteiger partial charge in [0.15, 0.2) is 0 Å². The van der Waals surface area contributed by atoms with Crippen molar-refractivity contribution in [3.8, 4) is 0 Å². The van der Waals surface area contributed by atoms with Crippen LogP contribution >= 0.6 is 22.6 Å². The number of nitrogens with one attached hydrogen (secondary N) is 1. The van der Waals surface area contributed by atoms with Crippen LogP contribution in [0.3, 0.4) is 0 Å². The lowest BCUT2D eigenvalue weighted by Crippen LogP contribution is -2.34. The first kappa shape index (κ1) is 16.1. The zero-order valence-electron chi connectivity index (χ0n) is 10.9. The summed E-state index contributed by atoms with van der Waals surface area (Å²) < 4.78 is 5.68. The SMILES string of the molecule is COCCC(C)(O)CNc1ccc([N+](=O)[O-])cc1I. The van der Waals surface area contributed by atoms with Crippen LogP contribution in [-0.4, -0.2) is 35.9 Å². The van der Waals surface area contributed by atoms with E-state index in [1.165, 1.54) is 12.1 Å². The summed E-state index contributed by atoms with van der Waals surface area (Å²) in [7, 11) is 1.59. The molecular formula is C12H17IN2O4. The van der Waals surface area contributed by atoms with Gasteiger partial charge in [-0.3, -0.25) is 10.1 Å². The van der Waals surface area contributed by atoms with Gasteiger partial charge in [0.1, 0.15) is 0 Å². The average Bonchev–Trinajstić information content (AvgIpc) is 2.35. The Balaban J connectivity index is 2.65. The molecule has 1 atom stereocenters. The van der Waals surface area contributed by atoms with E-state index in [-0.39, 0.29) is 5.69 Å². The Morgan fingerprint density at radius 2 is 2.26 bits per heavy atom. The van der Waals surface area contributed by atoms with Crippen LogP contribution in [0.5, 0.6) is 0 Å². The van der Waals surface area contributed by atoms with E-state index in [4.69, 9.17) is 4.74 Å². The number of halogens is 1. The minimum absolute atomic E-state index is 0.0566. The Hall–Kier alpha value is -0.930. The van der Waals surface area contributed by atoms with Crippen molar-refractivity contribution in [1.29, 1.82) is 0 Å². The molecule has 106 valence electrons. The fourth-order valence-corrected chi connectivity index (χ4v) is 2.15. The number of nitrogens with zero attached hydrogens (tertiary/aromatic N) is 1. The van der Waals surface area contributed by atoms with Gasteiger partial charge in [0, 0.05) is 48.1 Å². The van der Waals surface area contributed by atoms with Crippen LogP contribution in [0.2, 0.25) is 0 Å². The van der Waals surface area contributed by atoms with Gasteiger partial charge in [-0.1, -0.05) is 0 Å². The number of nitro benzene ring substituents is 1. The molecule has 0 aromatic heterocycles. The van der Waals surface area contributed by atoms with E-state index in [1.54, 1.807) is 20.1 Å². The van der Waals surface area contributed by atoms with Gasteiger partial charge in [0.05, 0.1) is 10.5 Å². The monoisotopic (exact) mass is 380 g/mol. The van der Waals surface area contributed by atoms with Crippen LogP contribution < -0.4 is 5.32 Å². The summed E-state index contributed by atoms with van der Waals surface area (Å²) in [5, 5.41) is 23.8. The Morgan fingerprint density at radius 1 is 1.58 bits per heavy atom.